The van der Waals surface area contributed by atoms with Crippen molar-refractivity contribution in [3.63, 3.8) is 0 Å². The fraction of sp³-hybridized carbons (Fsp3) is 0.440. The number of alkyl halides is 3. The van der Waals surface area contributed by atoms with Crippen LogP contribution in [0.5, 0.6) is 0 Å². The maximum absolute atomic E-state index is 11.3. The molecule has 1 fully saturated rings. The third kappa shape index (κ3) is 8.02. The number of nitrogens with two attached hydrogens (primary N) is 1. The zero-order valence-corrected chi connectivity index (χ0v) is 18.4. The van der Waals surface area contributed by atoms with E-state index in [4.69, 9.17) is 15.6 Å². The second-order valence-electron chi connectivity index (χ2n) is 9.09. The van der Waals surface area contributed by atoms with Gasteiger partial charge in [-0.25, -0.2) is 4.79 Å². The minimum atomic E-state index is -5.08. The third-order valence-corrected chi connectivity index (χ3v) is 5.98. The van der Waals surface area contributed by atoms with Gasteiger partial charge in [0.05, 0.1) is 0 Å². The van der Waals surface area contributed by atoms with E-state index in [9.17, 15) is 18.0 Å². The van der Waals surface area contributed by atoms with Crippen molar-refractivity contribution in [3.8, 4) is 11.1 Å². The molecule has 1 aliphatic rings. The third-order valence-electron chi connectivity index (χ3n) is 5.98. The molecule has 0 saturated heterocycles. The maximum atomic E-state index is 11.3. The molecular weight excluding hydrogens is 419 g/mol. The molecule has 0 bridgehead atoms. The molecule has 0 heterocycles. The summed E-state index contributed by atoms with van der Waals surface area (Å²) in [6.07, 6.45) is 2.87. The van der Waals surface area contributed by atoms with Crippen molar-refractivity contribution >= 4 is 11.9 Å². The van der Waals surface area contributed by atoms with Gasteiger partial charge in [0, 0.05) is 5.56 Å². The lowest BCUT2D eigenvalue weighted by molar-refractivity contribution is -0.192. The van der Waals surface area contributed by atoms with E-state index in [1.807, 2.05) is 18.2 Å². The molecule has 0 spiro atoms. The summed E-state index contributed by atoms with van der Waals surface area (Å²) in [5.41, 5.74) is 10.1. The summed E-state index contributed by atoms with van der Waals surface area (Å²) in [5, 5.41) is 7.12. The quantitative estimate of drug-likeness (QED) is 0.567. The van der Waals surface area contributed by atoms with Crippen molar-refractivity contribution in [2.24, 2.45) is 17.1 Å². The highest BCUT2D eigenvalue weighted by atomic mass is 19.4. The molecular formula is C25H30F3NO3. The van der Waals surface area contributed by atoms with Crippen molar-refractivity contribution in [1.82, 2.24) is 0 Å². The zero-order valence-electron chi connectivity index (χ0n) is 18.4. The first kappa shape index (κ1) is 25.4. The van der Waals surface area contributed by atoms with Crippen LogP contribution in [0.4, 0.5) is 13.2 Å². The molecule has 0 aliphatic heterocycles. The molecule has 3 rings (SSSR count). The van der Waals surface area contributed by atoms with Gasteiger partial charge in [0.2, 0.25) is 5.91 Å². The Morgan fingerprint density at radius 3 is 2.09 bits per heavy atom. The Balaban J connectivity index is 0.000000451. The Hall–Kier alpha value is -2.83. The number of carbonyl (C=O) groups excluding carboxylic acids is 1. The van der Waals surface area contributed by atoms with Crippen molar-refractivity contribution in [2.45, 2.75) is 58.5 Å². The van der Waals surface area contributed by atoms with Crippen LogP contribution in [0.2, 0.25) is 0 Å². The van der Waals surface area contributed by atoms with Crippen LogP contribution in [0.1, 0.15) is 61.9 Å². The summed E-state index contributed by atoms with van der Waals surface area (Å²) < 4.78 is 31.7. The van der Waals surface area contributed by atoms with Crippen LogP contribution in [-0.2, 0) is 11.2 Å². The number of rotatable bonds is 5. The van der Waals surface area contributed by atoms with E-state index >= 15 is 0 Å². The molecule has 2 aromatic carbocycles. The molecule has 3 N–H and O–H groups in total. The predicted octanol–water partition coefficient (Wildman–Crippen LogP) is 6.23. The number of hydrogen-bond acceptors (Lipinski definition) is 2. The molecule has 0 atom stereocenters. The number of halogens is 3. The monoisotopic (exact) mass is 449 g/mol. The Morgan fingerprint density at radius 2 is 1.59 bits per heavy atom. The minimum absolute atomic E-state index is 0.380. The average molecular weight is 450 g/mol. The number of primary amides is 1. The number of benzene rings is 2. The first-order valence-corrected chi connectivity index (χ1v) is 10.7. The summed E-state index contributed by atoms with van der Waals surface area (Å²) in [6, 6.07) is 16.3. The van der Waals surface area contributed by atoms with Crippen molar-refractivity contribution in [3.05, 3.63) is 59.7 Å². The molecule has 1 aliphatic carbocycles. The maximum Gasteiger partial charge on any atom is 0.490 e. The molecule has 1 amide bonds. The number of carbonyl (C=O) groups is 2. The second kappa shape index (κ2) is 10.7. The number of amides is 1. The number of aliphatic carboxylic acids is 1. The van der Waals surface area contributed by atoms with Gasteiger partial charge in [-0.15, -0.1) is 0 Å². The smallest absolute Gasteiger partial charge is 0.475 e. The van der Waals surface area contributed by atoms with Gasteiger partial charge in [-0.05, 0) is 78.7 Å². The van der Waals surface area contributed by atoms with E-state index in [-0.39, 0.29) is 5.91 Å². The van der Waals surface area contributed by atoms with E-state index < -0.39 is 12.1 Å². The van der Waals surface area contributed by atoms with Crippen LogP contribution in [-0.4, -0.2) is 23.2 Å². The summed E-state index contributed by atoms with van der Waals surface area (Å²) >= 11 is 0. The van der Waals surface area contributed by atoms with Crippen LogP contribution in [0.3, 0.4) is 0 Å². The predicted molar refractivity (Wildman–Crippen MR) is 118 cm³/mol. The fourth-order valence-electron chi connectivity index (χ4n) is 3.83. The molecule has 2 aromatic rings. The molecule has 1 saturated carbocycles. The minimum Gasteiger partial charge on any atom is -0.475 e. The van der Waals surface area contributed by atoms with Gasteiger partial charge in [-0.1, -0.05) is 50.2 Å². The first-order chi connectivity index (χ1) is 14.9. The lowest BCUT2D eigenvalue weighted by atomic mass is 9.72. The normalized spacial score (nSPS) is 16.0. The number of aryl methyl sites for hydroxylation is 1. The second-order valence-corrected chi connectivity index (χ2v) is 9.09. The topological polar surface area (TPSA) is 80.4 Å². The van der Waals surface area contributed by atoms with Crippen LogP contribution < -0.4 is 5.73 Å². The standard InChI is InChI=1S/C23H29NO.C2HF3O2/c1-23(2)14-12-18(13-15-23)7-6-17-8-10-19(11-9-17)20-4-3-5-21(16-20)22(24)25;3-2(4,5)1(6)7/h3-5,8-11,16,18H,6-7,12-15H2,1-2H3,(H2,24,25);(H,6,7). The van der Waals surface area contributed by atoms with E-state index in [0.29, 0.717) is 11.0 Å². The summed E-state index contributed by atoms with van der Waals surface area (Å²) in [4.78, 5) is 20.2. The van der Waals surface area contributed by atoms with E-state index in [0.717, 1.165) is 23.5 Å². The Morgan fingerprint density at radius 1 is 1.03 bits per heavy atom. The highest BCUT2D eigenvalue weighted by Gasteiger charge is 2.38. The molecule has 0 aromatic heterocycles. The summed E-state index contributed by atoms with van der Waals surface area (Å²) in [7, 11) is 0. The molecule has 0 unspecified atom stereocenters. The molecule has 174 valence electrons. The fourth-order valence-corrected chi connectivity index (χ4v) is 3.83. The number of carboxylic acids is 1. The van der Waals surface area contributed by atoms with Gasteiger partial charge in [0.1, 0.15) is 0 Å². The van der Waals surface area contributed by atoms with Gasteiger partial charge in [0.15, 0.2) is 0 Å². The van der Waals surface area contributed by atoms with Crippen LogP contribution >= 0.6 is 0 Å². The average Bonchev–Trinajstić information content (AvgIpc) is 2.73. The number of carboxylic acid groups (broad SMARTS) is 1. The SMILES string of the molecule is CC1(C)CCC(CCc2ccc(-c3cccc(C(N)=O)c3)cc2)CC1.O=C(O)C(F)(F)F. The highest BCUT2D eigenvalue weighted by Crippen LogP contribution is 2.39. The van der Waals surface area contributed by atoms with Crippen molar-refractivity contribution in [2.75, 3.05) is 0 Å². The van der Waals surface area contributed by atoms with E-state index in [2.05, 4.69) is 38.1 Å². The van der Waals surface area contributed by atoms with Gasteiger partial charge >= 0.3 is 12.1 Å². The van der Waals surface area contributed by atoms with Gasteiger partial charge < -0.3 is 10.8 Å². The summed E-state index contributed by atoms with van der Waals surface area (Å²) in [5.74, 6) is -2.25. The molecule has 7 heteroatoms. The van der Waals surface area contributed by atoms with Crippen molar-refractivity contribution in [1.29, 1.82) is 0 Å². The molecule has 4 nitrogen and oxygen atoms in total. The molecule has 32 heavy (non-hydrogen) atoms. The Kier molecular flexibility index (Phi) is 8.47. The van der Waals surface area contributed by atoms with Gasteiger partial charge in [-0.2, -0.15) is 13.2 Å². The lowest BCUT2D eigenvalue weighted by Gasteiger charge is -2.34. The zero-order chi connectivity index (χ0) is 23.9. The Labute approximate surface area is 186 Å². The van der Waals surface area contributed by atoms with Gasteiger partial charge in [-0.3, -0.25) is 4.79 Å². The van der Waals surface area contributed by atoms with Crippen LogP contribution in [0.15, 0.2) is 48.5 Å². The number of hydrogen-bond donors (Lipinski definition) is 2. The Bertz CT molecular complexity index is 911. The van der Waals surface area contributed by atoms with Crippen molar-refractivity contribution < 1.29 is 27.9 Å². The van der Waals surface area contributed by atoms with E-state index in [1.165, 1.54) is 37.7 Å². The summed E-state index contributed by atoms with van der Waals surface area (Å²) in [6.45, 7) is 4.80. The molecule has 0 radical (unpaired) electrons. The van der Waals surface area contributed by atoms with Crippen LogP contribution in [0, 0.1) is 11.3 Å². The highest BCUT2D eigenvalue weighted by molar-refractivity contribution is 5.94. The van der Waals surface area contributed by atoms with E-state index in [1.54, 1.807) is 6.07 Å². The first-order valence-electron chi connectivity index (χ1n) is 10.7. The largest absolute Gasteiger partial charge is 0.490 e. The lowest BCUT2D eigenvalue weighted by Crippen LogP contribution is -2.21. The van der Waals surface area contributed by atoms with Gasteiger partial charge in [0.25, 0.3) is 0 Å². The van der Waals surface area contributed by atoms with Crippen LogP contribution in [0.25, 0.3) is 11.1 Å².